The summed E-state index contributed by atoms with van der Waals surface area (Å²) < 4.78 is 7.90. The molecule has 3 aromatic rings. The molecular weight excluding hydrogens is 388 g/mol. The Morgan fingerprint density at radius 2 is 1.97 bits per heavy atom. The van der Waals surface area contributed by atoms with Crippen molar-refractivity contribution >= 4 is 5.96 Å². The van der Waals surface area contributed by atoms with Gasteiger partial charge < -0.3 is 15.4 Å². The summed E-state index contributed by atoms with van der Waals surface area (Å²) in [6.45, 7) is 4.96. The van der Waals surface area contributed by atoms with Crippen molar-refractivity contribution in [2.45, 2.75) is 39.4 Å². The maximum Gasteiger partial charge on any atom is 0.191 e. The van der Waals surface area contributed by atoms with E-state index in [0.717, 1.165) is 29.8 Å². The summed E-state index contributed by atoms with van der Waals surface area (Å²) in [5, 5.41) is 11.0. The van der Waals surface area contributed by atoms with Gasteiger partial charge in [0, 0.05) is 25.7 Å². The van der Waals surface area contributed by atoms with Crippen molar-refractivity contribution in [2.75, 3.05) is 13.7 Å². The lowest BCUT2D eigenvalue weighted by Gasteiger charge is -2.16. The monoisotopic (exact) mass is 418 g/mol. The van der Waals surface area contributed by atoms with E-state index >= 15 is 0 Å². The Bertz CT molecular complexity index is 1010. The van der Waals surface area contributed by atoms with E-state index in [-0.39, 0.29) is 0 Å². The van der Waals surface area contributed by atoms with Crippen LogP contribution in [0.15, 0.2) is 60.1 Å². The lowest BCUT2D eigenvalue weighted by molar-refractivity contribution is 0.296. The normalized spacial score (nSPS) is 13.8. The number of rotatable bonds is 9. The smallest absolute Gasteiger partial charge is 0.191 e. The quantitative estimate of drug-likeness (QED) is 0.412. The molecule has 0 atom stereocenters. The number of guanidine groups is 1. The zero-order valence-electron chi connectivity index (χ0n) is 18.2. The minimum atomic E-state index is 0.659. The third kappa shape index (κ3) is 6.31. The SMILES string of the molecule is CN=C(NCc1cccc(Cn2cncn2)c1)NCc1ccc(C)cc1OCC1CC1. The molecule has 1 heterocycles. The highest BCUT2D eigenvalue weighted by Crippen LogP contribution is 2.30. The highest BCUT2D eigenvalue weighted by Gasteiger charge is 2.22. The Morgan fingerprint density at radius 3 is 2.74 bits per heavy atom. The van der Waals surface area contributed by atoms with Gasteiger partial charge in [-0.3, -0.25) is 4.99 Å². The molecule has 0 aliphatic heterocycles. The Balaban J connectivity index is 1.31. The van der Waals surface area contributed by atoms with Crippen molar-refractivity contribution in [1.82, 2.24) is 25.4 Å². The average molecular weight is 419 g/mol. The molecule has 0 spiro atoms. The predicted octanol–water partition coefficient (Wildman–Crippen LogP) is 3.29. The number of benzene rings is 2. The summed E-state index contributed by atoms with van der Waals surface area (Å²) in [4.78, 5) is 8.36. The molecule has 0 amide bonds. The molecule has 2 aromatic carbocycles. The van der Waals surface area contributed by atoms with Crippen molar-refractivity contribution < 1.29 is 4.74 Å². The van der Waals surface area contributed by atoms with Gasteiger partial charge in [0.2, 0.25) is 0 Å². The summed E-state index contributed by atoms with van der Waals surface area (Å²) in [6.07, 6.45) is 5.86. The number of hydrogen-bond acceptors (Lipinski definition) is 4. The van der Waals surface area contributed by atoms with Crippen LogP contribution in [0.5, 0.6) is 5.75 Å². The molecule has 4 rings (SSSR count). The molecule has 2 N–H and O–H groups in total. The van der Waals surface area contributed by atoms with Crippen LogP contribution in [-0.2, 0) is 19.6 Å². The van der Waals surface area contributed by atoms with E-state index in [4.69, 9.17) is 4.74 Å². The Hall–Kier alpha value is -3.35. The van der Waals surface area contributed by atoms with Crippen LogP contribution < -0.4 is 15.4 Å². The first-order valence-corrected chi connectivity index (χ1v) is 10.8. The van der Waals surface area contributed by atoms with E-state index in [9.17, 15) is 0 Å². The van der Waals surface area contributed by atoms with Gasteiger partial charge in [0.15, 0.2) is 5.96 Å². The fraction of sp³-hybridized carbons (Fsp3) is 0.375. The zero-order valence-corrected chi connectivity index (χ0v) is 18.2. The second-order valence-electron chi connectivity index (χ2n) is 8.06. The summed E-state index contributed by atoms with van der Waals surface area (Å²) in [5.74, 6) is 2.46. The zero-order chi connectivity index (χ0) is 21.5. The van der Waals surface area contributed by atoms with Gasteiger partial charge in [0.05, 0.1) is 13.2 Å². The molecule has 1 aliphatic carbocycles. The van der Waals surface area contributed by atoms with Gasteiger partial charge in [-0.1, -0.05) is 36.4 Å². The van der Waals surface area contributed by atoms with E-state index in [0.29, 0.717) is 19.6 Å². The first kappa shape index (κ1) is 20.9. The van der Waals surface area contributed by atoms with Crippen LogP contribution in [0, 0.1) is 12.8 Å². The standard InChI is InChI=1S/C24H30N6O/c1-18-6-9-22(23(10-18)31-15-19-7-8-19)13-28-24(25-2)27-12-20-4-3-5-21(11-20)14-30-17-26-16-29-30/h3-6,9-11,16-17,19H,7-8,12-15H2,1-2H3,(H2,25,27,28). The van der Waals surface area contributed by atoms with Crippen LogP contribution in [0.2, 0.25) is 0 Å². The van der Waals surface area contributed by atoms with Crippen molar-refractivity contribution in [1.29, 1.82) is 0 Å². The lowest BCUT2D eigenvalue weighted by atomic mass is 10.1. The molecule has 1 fully saturated rings. The largest absolute Gasteiger partial charge is 0.493 e. The van der Waals surface area contributed by atoms with Crippen LogP contribution in [0.1, 0.15) is 35.1 Å². The molecular formula is C24H30N6O. The van der Waals surface area contributed by atoms with Crippen LogP contribution >= 0.6 is 0 Å². The van der Waals surface area contributed by atoms with Crippen molar-refractivity contribution in [2.24, 2.45) is 10.9 Å². The molecule has 31 heavy (non-hydrogen) atoms. The van der Waals surface area contributed by atoms with Crippen LogP contribution in [-0.4, -0.2) is 34.4 Å². The molecule has 1 aromatic heterocycles. The lowest BCUT2D eigenvalue weighted by Crippen LogP contribution is -2.36. The van der Waals surface area contributed by atoms with Crippen LogP contribution in [0.25, 0.3) is 0 Å². The van der Waals surface area contributed by atoms with Crippen LogP contribution in [0.3, 0.4) is 0 Å². The molecule has 7 nitrogen and oxygen atoms in total. The number of aliphatic imine (C=N–C) groups is 1. The second-order valence-corrected chi connectivity index (χ2v) is 8.06. The predicted molar refractivity (Wildman–Crippen MR) is 122 cm³/mol. The number of nitrogens with one attached hydrogen (secondary N) is 2. The number of aromatic nitrogens is 3. The van der Waals surface area contributed by atoms with Gasteiger partial charge in [-0.2, -0.15) is 5.10 Å². The Labute approximate surface area is 183 Å². The van der Waals surface area contributed by atoms with Crippen molar-refractivity contribution in [3.8, 4) is 5.75 Å². The average Bonchev–Trinajstić information content (AvgIpc) is 3.48. The third-order valence-corrected chi connectivity index (χ3v) is 5.33. The maximum atomic E-state index is 6.08. The number of aryl methyl sites for hydroxylation is 1. The van der Waals surface area contributed by atoms with E-state index in [1.165, 1.54) is 29.5 Å². The summed E-state index contributed by atoms with van der Waals surface area (Å²) in [6, 6.07) is 14.8. The highest BCUT2D eigenvalue weighted by molar-refractivity contribution is 5.79. The summed E-state index contributed by atoms with van der Waals surface area (Å²) >= 11 is 0. The topological polar surface area (TPSA) is 76.4 Å². The van der Waals surface area contributed by atoms with Gasteiger partial charge in [-0.25, -0.2) is 9.67 Å². The molecule has 1 aliphatic rings. The Morgan fingerprint density at radius 1 is 1.13 bits per heavy atom. The van der Waals surface area contributed by atoms with E-state index in [2.05, 4.69) is 75.1 Å². The van der Waals surface area contributed by atoms with Gasteiger partial charge in [0.25, 0.3) is 0 Å². The second kappa shape index (κ2) is 10.1. The highest BCUT2D eigenvalue weighted by atomic mass is 16.5. The molecule has 0 saturated heterocycles. The van der Waals surface area contributed by atoms with Crippen LogP contribution in [0.4, 0.5) is 0 Å². The fourth-order valence-corrected chi connectivity index (χ4v) is 3.36. The maximum absolute atomic E-state index is 6.08. The van der Waals surface area contributed by atoms with Gasteiger partial charge in [-0.15, -0.1) is 0 Å². The van der Waals surface area contributed by atoms with Crippen molar-refractivity contribution in [3.63, 3.8) is 0 Å². The summed E-state index contributed by atoms with van der Waals surface area (Å²) in [7, 11) is 1.79. The first-order chi connectivity index (χ1) is 15.2. The number of nitrogens with zero attached hydrogens (tertiary/aromatic N) is 4. The molecule has 162 valence electrons. The molecule has 7 heteroatoms. The minimum Gasteiger partial charge on any atom is -0.493 e. The van der Waals surface area contributed by atoms with E-state index in [1.54, 1.807) is 19.7 Å². The molecule has 0 bridgehead atoms. The molecule has 0 unspecified atom stereocenters. The van der Waals surface area contributed by atoms with Crippen molar-refractivity contribution in [3.05, 3.63) is 77.4 Å². The Kier molecular flexibility index (Phi) is 6.82. The first-order valence-electron chi connectivity index (χ1n) is 10.8. The van der Waals surface area contributed by atoms with E-state index in [1.807, 2.05) is 4.68 Å². The minimum absolute atomic E-state index is 0.659. The summed E-state index contributed by atoms with van der Waals surface area (Å²) in [5.41, 5.74) is 4.72. The molecule has 0 radical (unpaired) electrons. The van der Waals surface area contributed by atoms with Gasteiger partial charge in [0.1, 0.15) is 18.4 Å². The number of ether oxygens (including phenoxy) is 1. The number of hydrogen-bond donors (Lipinski definition) is 2. The van der Waals surface area contributed by atoms with E-state index < -0.39 is 0 Å². The third-order valence-electron chi connectivity index (χ3n) is 5.33. The fourth-order valence-electron chi connectivity index (χ4n) is 3.36. The molecule has 1 saturated carbocycles. The van der Waals surface area contributed by atoms with Gasteiger partial charge >= 0.3 is 0 Å². The van der Waals surface area contributed by atoms with Gasteiger partial charge in [-0.05, 0) is 48.4 Å².